The number of rotatable bonds is 4. The molecule has 0 unspecified atom stereocenters. The summed E-state index contributed by atoms with van der Waals surface area (Å²) in [5, 5.41) is 14.3. The third kappa shape index (κ3) is 2.95. The first-order valence-corrected chi connectivity index (χ1v) is 7.59. The summed E-state index contributed by atoms with van der Waals surface area (Å²) in [5.74, 6) is -0.0216. The van der Waals surface area contributed by atoms with Crippen LogP contribution in [0.1, 0.15) is 31.2 Å². The van der Waals surface area contributed by atoms with Crippen LogP contribution in [0.15, 0.2) is 30.5 Å². The normalized spacial score (nSPS) is 17.2. The van der Waals surface area contributed by atoms with Crippen molar-refractivity contribution in [3.63, 3.8) is 0 Å². The number of hydrogen-bond acceptors (Lipinski definition) is 2. The summed E-state index contributed by atoms with van der Waals surface area (Å²) in [5.41, 5.74) is 1.48. The molecular weight excluding hydrogens is 264 g/mol. The first-order valence-electron chi connectivity index (χ1n) is 7.59. The van der Waals surface area contributed by atoms with E-state index in [1.165, 1.54) is 0 Å². The van der Waals surface area contributed by atoms with Gasteiger partial charge in [-0.3, -0.25) is 4.79 Å². The third-order valence-electron chi connectivity index (χ3n) is 4.48. The van der Waals surface area contributed by atoms with Gasteiger partial charge in [-0.05, 0) is 24.5 Å². The summed E-state index contributed by atoms with van der Waals surface area (Å²) >= 11 is 0. The molecule has 112 valence electrons. The maximum absolute atomic E-state index is 12.1. The van der Waals surface area contributed by atoms with Crippen LogP contribution >= 0.6 is 0 Å². The number of amides is 1. The minimum absolute atomic E-state index is 0.0216. The maximum Gasteiger partial charge on any atom is 0.224 e. The molecule has 0 aliphatic heterocycles. The lowest BCUT2D eigenvalue weighted by atomic mass is 10.0. The van der Waals surface area contributed by atoms with Crippen LogP contribution in [-0.4, -0.2) is 27.7 Å². The van der Waals surface area contributed by atoms with Gasteiger partial charge in [0.25, 0.3) is 0 Å². The van der Waals surface area contributed by atoms with E-state index < -0.39 is 5.60 Å². The lowest BCUT2D eigenvalue weighted by Crippen LogP contribution is -2.41. The Morgan fingerprint density at radius 1 is 1.33 bits per heavy atom. The monoisotopic (exact) mass is 286 g/mol. The quantitative estimate of drug-likeness (QED) is 0.905. The number of para-hydroxylation sites is 1. The fraction of sp³-hybridized carbons (Fsp3) is 0.471. The second-order valence-corrected chi connectivity index (χ2v) is 6.17. The van der Waals surface area contributed by atoms with Crippen LogP contribution in [0, 0.1) is 0 Å². The summed E-state index contributed by atoms with van der Waals surface area (Å²) in [6.45, 7) is 0.372. The van der Waals surface area contributed by atoms with Crippen LogP contribution < -0.4 is 5.32 Å². The standard InChI is InChI=1S/C17H22N2O2/c1-19-11-13(14-6-2-3-7-15(14)19)10-16(20)18-12-17(21)8-4-5-9-17/h2-3,6-7,11,21H,4-5,8-10,12H2,1H3,(H,18,20). The summed E-state index contributed by atoms with van der Waals surface area (Å²) in [7, 11) is 1.99. The molecule has 1 fully saturated rings. The largest absolute Gasteiger partial charge is 0.388 e. The Bertz CT molecular complexity index is 654. The second kappa shape index (κ2) is 5.53. The van der Waals surface area contributed by atoms with Crippen molar-refractivity contribution in [3.8, 4) is 0 Å². The topological polar surface area (TPSA) is 54.3 Å². The van der Waals surface area contributed by atoms with Crippen molar-refractivity contribution < 1.29 is 9.90 Å². The number of hydrogen-bond donors (Lipinski definition) is 2. The average Bonchev–Trinajstić information content (AvgIpc) is 3.03. The maximum atomic E-state index is 12.1. The lowest BCUT2D eigenvalue weighted by Gasteiger charge is -2.22. The number of aromatic nitrogens is 1. The number of nitrogens with zero attached hydrogens (tertiary/aromatic N) is 1. The molecule has 2 N–H and O–H groups in total. The van der Waals surface area contributed by atoms with Crippen molar-refractivity contribution in [1.29, 1.82) is 0 Å². The molecule has 1 aliphatic rings. The van der Waals surface area contributed by atoms with E-state index in [0.29, 0.717) is 13.0 Å². The SMILES string of the molecule is Cn1cc(CC(=O)NCC2(O)CCCC2)c2ccccc21. The lowest BCUT2D eigenvalue weighted by molar-refractivity contribution is -0.121. The van der Waals surface area contributed by atoms with E-state index in [2.05, 4.69) is 11.4 Å². The second-order valence-electron chi connectivity index (χ2n) is 6.17. The van der Waals surface area contributed by atoms with E-state index >= 15 is 0 Å². The van der Waals surface area contributed by atoms with Crippen LogP contribution in [0.4, 0.5) is 0 Å². The molecule has 1 aromatic heterocycles. The van der Waals surface area contributed by atoms with E-state index in [9.17, 15) is 9.90 Å². The van der Waals surface area contributed by atoms with Gasteiger partial charge in [0.05, 0.1) is 12.0 Å². The van der Waals surface area contributed by atoms with Crippen molar-refractivity contribution in [2.45, 2.75) is 37.7 Å². The highest BCUT2D eigenvalue weighted by Crippen LogP contribution is 2.28. The molecule has 1 amide bonds. The Hall–Kier alpha value is -1.81. The van der Waals surface area contributed by atoms with Gasteiger partial charge in [0, 0.05) is 30.7 Å². The van der Waals surface area contributed by atoms with Crippen LogP contribution in [-0.2, 0) is 18.3 Å². The number of carbonyl (C=O) groups is 1. The number of aryl methyl sites for hydroxylation is 1. The van der Waals surface area contributed by atoms with Crippen LogP contribution in [0.2, 0.25) is 0 Å². The highest BCUT2D eigenvalue weighted by atomic mass is 16.3. The summed E-state index contributed by atoms with van der Waals surface area (Å²) in [6, 6.07) is 8.09. The van der Waals surface area contributed by atoms with Crippen LogP contribution in [0.3, 0.4) is 0 Å². The molecule has 3 rings (SSSR count). The Morgan fingerprint density at radius 3 is 2.81 bits per heavy atom. The van der Waals surface area contributed by atoms with Gasteiger partial charge < -0.3 is 15.0 Å². The minimum atomic E-state index is -0.686. The summed E-state index contributed by atoms with van der Waals surface area (Å²) < 4.78 is 2.04. The fourth-order valence-corrected chi connectivity index (χ4v) is 3.27. The average molecular weight is 286 g/mol. The molecule has 1 aliphatic carbocycles. The first kappa shape index (κ1) is 14.1. The minimum Gasteiger partial charge on any atom is -0.388 e. The molecule has 0 bridgehead atoms. The Balaban J connectivity index is 1.66. The van der Waals surface area contributed by atoms with Crippen LogP contribution in [0.5, 0.6) is 0 Å². The molecule has 0 radical (unpaired) electrons. The van der Waals surface area contributed by atoms with Crippen LogP contribution in [0.25, 0.3) is 10.9 Å². The zero-order chi connectivity index (χ0) is 14.9. The van der Waals surface area contributed by atoms with Crippen molar-refractivity contribution in [3.05, 3.63) is 36.0 Å². The molecule has 2 aromatic rings. The van der Waals surface area contributed by atoms with Gasteiger partial charge in [-0.1, -0.05) is 31.0 Å². The molecule has 1 saturated carbocycles. The molecule has 4 heteroatoms. The number of benzene rings is 1. The van der Waals surface area contributed by atoms with E-state index in [-0.39, 0.29) is 5.91 Å². The van der Waals surface area contributed by atoms with E-state index in [1.807, 2.05) is 36.0 Å². The highest BCUT2D eigenvalue weighted by molar-refractivity contribution is 5.89. The van der Waals surface area contributed by atoms with Gasteiger partial charge in [0.15, 0.2) is 0 Å². The summed E-state index contributed by atoms with van der Waals surface area (Å²) in [6.07, 6.45) is 6.06. The first-order chi connectivity index (χ1) is 10.1. The molecule has 0 atom stereocenters. The van der Waals surface area contributed by atoms with Crippen molar-refractivity contribution in [2.75, 3.05) is 6.54 Å². The number of carbonyl (C=O) groups excluding carboxylic acids is 1. The van der Waals surface area contributed by atoms with Gasteiger partial charge in [-0.15, -0.1) is 0 Å². The van der Waals surface area contributed by atoms with E-state index in [0.717, 1.165) is 42.1 Å². The van der Waals surface area contributed by atoms with Gasteiger partial charge in [-0.2, -0.15) is 0 Å². The Kier molecular flexibility index (Phi) is 3.72. The molecule has 4 nitrogen and oxygen atoms in total. The van der Waals surface area contributed by atoms with Gasteiger partial charge >= 0.3 is 0 Å². The van der Waals surface area contributed by atoms with Crippen molar-refractivity contribution in [1.82, 2.24) is 9.88 Å². The number of fused-ring (bicyclic) bond motifs is 1. The van der Waals surface area contributed by atoms with Crippen molar-refractivity contribution >= 4 is 16.8 Å². The molecule has 0 spiro atoms. The van der Waals surface area contributed by atoms with Crippen molar-refractivity contribution in [2.24, 2.45) is 7.05 Å². The predicted octanol–water partition coefficient (Wildman–Crippen LogP) is 2.14. The van der Waals surface area contributed by atoms with Gasteiger partial charge in [0.1, 0.15) is 0 Å². The Morgan fingerprint density at radius 2 is 2.05 bits per heavy atom. The van der Waals surface area contributed by atoms with Gasteiger partial charge in [-0.25, -0.2) is 0 Å². The molecule has 1 aromatic carbocycles. The zero-order valence-corrected chi connectivity index (χ0v) is 12.4. The van der Waals surface area contributed by atoms with Gasteiger partial charge in [0.2, 0.25) is 5.91 Å². The third-order valence-corrected chi connectivity index (χ3v) is 4.48. The molecule has 21 heavy (non-hydrogen) atoms. The molecular formula is C17H22N2O2. The number of nitrogens with one attached hydrogen (secondary N) is 1. The fourth-order valence-electron chi connectivity index (χ4n) is 3.27. The predicted molar refractivity (Wildman–Crippen MR) is 83.1 cm³/mol. The molecule has 1 heterocycles. The zero-order valence-electron chi connectivity index (χ0n) is 12.4. The Labute approximate surface area is 124 Å². The van der Waals surface area contributed by atoms with E-state index in [4.69, 9.17) is 0 Å². The molecule has 0 saturated heterocycles. The number of aliphatic hydroxyl groups is 1. The highest BCUT2D eigenvalue weighted by Gasteiger charge is 2.31. The van der Waals surface area contributed by atoms with E-state index in [1.54, 1.807) is 0 Å². The smallest absolute Gasteiger partial charge is 0.224 e. The summed E-state index contributed by atoms with van der Waals surface area (Å²) in [4.78, 5) is 12.1.